The lowest BCUT2D eigenvalue weighted by atomic mass is 9.95. The van der Waals surface area contributed by atoms with E-state index < -0.39 is 10.8 Å². The Morgan fingerprint density at radius 1 is 1.21 bits per heavy atom. The maximum absolute atomic E-state index is 12.2. The number of nitrogens with zero attached hydrogens (tertiary/aromatic N) is 1. The average Bonchev–Trinajstić information content (AvgIpc) is 3.21. The third kappa shape index (κ3) is 5.80. The summed E-state index contributed by atoms with van der Waals surface area (Å²) >= 11 is 0. The highest BCUT2D eigenvalue weighted by atomic mass is 32.2. The number of ether oxygens (including phenoxy) is 1. The highest BCUT2D eigenvalue weighted by molar-refractivity contribution is 7.85. The van der Waals surface area contributed by atoms with Gasteiger partial charge in [0, 0.05) is 53.5 Å². The van der Waals surface area contributed by atoms with E-state index in [9.17, 15) is 4.21 Å². The summed E-state index contributed by atoms with van der Waals surface area (Å²) in [7, 11) is -0.701. The van der Waals surface area contributed by atoms with E-state index in [1.807, 2.05) is 13.0 Å². The Hall–Kier alpha value is -1.40. The van der Waals surface area contributed by atoms with Crippen molar-refractivity contribution in [2.45, 2.75) is 63.3 Å². The first-order valence-corrected chi connectivity index (χ1v) is 12.2. The molecule has 1 saturated carbocycles. The van der Waals surface area contributed by atoms with Crippen molar-refractivity contribution in [3.63, 3.8) is 0 Å². The molecule has 156 valence electrons. The molecule has 0 spiro atoms. The van der Waals surface area contributed by atoms with E-state index in [1.165, 1.54) is 5.56 Å². The predicted molar refractivity (Wildman–Crippen MR) is 117 cm³/mol. The fraction of sp³-hybridized carbons (Fsp3) is 0.682. The lowest BCUT2D eigenvalue weighted by molar-refractivity contribution is 0.0925. The molecule has 1 aromatic carbocycles. The molecule has 0 aromatic heterocycles. The molecule has 5 unspecified atom stereocenters. The molecule has 6 heteroatoms. The van der Waals surface area contributed by atoms with Gasteiger partial charge in [-0.25, -0.2) is 0 Å². The van der Waals surface area contributed by atoms with Gasteiger partial charge in [0.05, 0.1) is 6.10 Å². The molecule has 0 amide bonds. The zero-order valence-corrected chi connectivity index (χ0v) is 18.0. The second kappa shape index (κ2) is 11.0. The largest absolute Gasteiger partial charge is 0.373 e. The second-order valence-corrected chi connectivity index (χ2v) is 9.78. The molecule has 5 nitrogen and oxygen atoms in total. The quantitative estimate of drug-likeness (QED) is 0.539. The Morgan fingerprint density at radius 3 is 2.79 bits per heavy atom. The molecule has 2 N–H and O–H groups in total. The monoisotopic (exact) mass is 405 g/mol. The highest BCUT2D eigenvalue weighted by Gasteiger charge is 2.30. The average molecular weight is 406 g/mol. The normalized spacial score (nSPS) is 29.4. The van der Waals surface area contributed by atoms with Crippen LogP contribution in [0.4, 0.5) is 0 Å². The van der Waals surface area contributed by atoms with Crippen molar-refractivity contribution < 1.29 is 8.95 Å². The van der Waals surface area contributed by atoms with E-state index in [0.717, 1.165) is 63.5 Å². The molecule has 1 heterocycles. The molecule has 0 bridgehead atoms. The summed E-state index contributed by atoms with van der Waals surface area (Å²) in [5.41, 5.74) is 1.25. The van der Waals surface area contributed by atoms with E-state index in [0.29, 0.717) is 17.2 Å². The van der Waals surface area contributed by atoms with Gasteiger partial charge in [0.25, 0.3) is 0 Å². The molecule has 3 rings (SSSR count). The molecule has 1 aliphatic carbocycles. The number of hydrogen-bond acceptors (Lipinski definition) is 3. The molecular formula is C22H35N3O2S. The van der Waals surface area contributed by atoms with Gasteiger partial charge in [0.2, 0.25) is 0 Å². The van der Waals surface area contributed by atoms with Crippen molar-refractivity contribution >= 4 is 16.8 Å². The van der Waals surface area contributed by atoms with E-state index in [1.54, 1.807) is 0 Å². The number of hydrogen-bond donors (Lipinski definition) is 2. The minimum atomic E-state index is -0.701. The molecule has 5 atom stereocenters. The summed E-state index contributed by atoms with van der Waals surface area (Å²) in [4.78, 5) is 4.89. The number of aliphatic imine (C=N–C) groups is 1. The van der Waals surface area contributed by atoms with Gasteiger partial charge in [0.1, 0.15) is 0 Å². The van der Waals surface area contributed by atoms with Gasteiger partial charge in [-0.3, -0.25) is 9.20 Å². The van der Waals surface area contributed by atoms with E-state index in [-0.39, 0.29) is 6.10 Å². The second-order valence-electron chi connectivity index (χ2n) is 7.77. The van der Waals surface area contributed by atoms with E-state index >= 15 is 0 Å². The standard InChI is InChI=1S/C22H35N3O2S/c1-3-23-22(25-19-11-8-12-20(15-19)28(26)4-2)24-16-18-13-14-27-21(18)17-9-6-5-7-10-17/h5-7,9-10,18-21H,3-4,8,11-16H2,1-2H3,(H2,23,24,25). The van der Waals surface area contributed by atoms with Crippen molar-refractivity contribution in [3.8, 4) is 0 Å². The summed E-state index contributed by atoms with van der Waals surface area (Å²) in [6.07, 6.45) is 5.51. The van der Waals surface area contributed by atoms with Crippen LogP contribution in [0.3, 0.4) is 0 Å². The molecule has 1 aromatic rings. The fourth-order valence-corrected chi connectivity index (χ4v) is 5.65. The Balaban J connectivity index is 1.60. The van der Waals surface area contributed by atoms with Crippen LogP contribution in [0.15, 0.2) is 35.3 Å². The minimum Gasteiger partial charge on any atom is -0.373 e. The lowest BCUT2D eigenvalue weighted by Crippen LogP contribution is -2.46. The van der Waals surface area contributed by atoms with Crippen molar-refractivity contribution in [3.05, 3.63) is 35.9 Å². The van der Waals surface area contributed by atoms with Crippen LogP contribution in [0.5, 0.6) is 0 Å². The Bertz CT molecular complexity index is 652. The van der Waals surface area contributed by atoms with Crippen LogP contribution in [-0.2, 0) is 15.5 Å². The molecule has 1 aliphatic heterocycles. The van der Waals surface area contributed by atoms with Crippen LogP contribution in [-0.4, -0.2) is 46.9 Å². The summed E-state index contributed by atoms with van der Waals surface area (Å²) in [5, 5.41) is 7.32. The minimum absolute atomic E-state index is 0.138. The third-order valence-electron chi connectivity index (χ3n) is 5.79. The van der Waals surface area contributed by atoms with Crippen molar-refractivity contribution in [2.75, 3.05) is 25.4 Å². The molecule has 28 heavy (non-hydrogen) atoms. The first-order chi connectivity index (χ1) is 13.7. The summed E-state index contributed by atoms with van der Waals surface area (Å²) < 4.78 is 18.2. The van der Waals surface area contributed by atoms with Crippen molar-refractivity contribution in [1.82, 2.24) is 10.6 Å². The van der Waals surface area contributed by atoms with Gasteiger partial charge in [-0.2, -0.15) is 0 Å². The zero-order valence-electron chi connectivity index (χ0n) is 17.2. The first kappa shape index (κ1) is 21.3. The van der Waals surface area contributed by atoms with Gasteiger partial charge in [-0.15, -0.1) is 0 Å². The van der Waals surface area contributed by atoms with Gasteiger partial charge in [-0.05, 0) is 38.2 Å². The molecule has 2 fully saturated rings. The Labute approximate surface area is 172 Å². The third-order valence-corrected chi connectivity index (χ3v) is 7.53. The Kier molecular flexibility index (Phi) is 8.34. The van der Waals surface area contributed by atoms with Gasteiger partial charge < -0.3 is 15.4 Å². The maximum atomic E-state index is 12.2. The topological polar surface area (TPSA) is 62.7 Å². The summed E-state index contributed by atoms with van der Waals surface area (Å²) in [6.45, 7) is 6.51. The highest BCUT2D eigenvalue weighted by Crippen LogP contribution is 2.34. The zero-order chi connectivity index (χ0) is 19.8. The van der Waals surface area contributed by atoms with Gasteiger partial charge >= 0.3 is 0 Å². The van der Waals surface area contributed by atoms with Gasteiger partial charge in [-0.1, -0.05) is 43.7 Å². The number of rotatable bonds is 7. The molecule has 2 aliphatic rings. The van der Waals surface area contributed by atoms with Crippen LogP contribution in [0.25, 0.3) is 0 Å². The van der Waals surface area contributed by atoms with Crippen LogP contribution in [0.2, 0.25) is 0 Å². The first-order valence-electron chi connectivity index (χ1n) is 10.8. The van der Waals surface area contributed by atoms with Crippen LogP contribution >= 0.6 is 0 Å². The molecular weight excluding hydrogens is 370 g/mol. The van der Waals surface area contributed by atoms with Crippen LogP contribution in [0, 0.1) is 5.92 Å². The smallest absolute Gasteiger partial charge is 0.191 e. The SMILES string of the molecule is CCNC(=NCC1CCOC1c1ccccc1)NC1CCCC(S(=O)CC)C1. The molecule has 0 radical (unpaired) electrons. The summed E-state index contributed by atoms with van der Waals surface area (Å²) in [6, 6.07) is 10.8. The van der Waals surface area contributed by atoms with Crippen molar-refractivity contribution in [1.29, 1.82) is 0 Å². The van der Waals surface area contributed by atoms with Crippen LogP contribution in [0.1, 0.15) is 57.6 Å². The number of guanidine groups is 1. The maximum Gasteiger partial charge on any atom is 0.191 e. The van der Waals surface area contributed by atoms with Gasteiger partial charge in [0.15, 0.2) is 5.96 Å². The number of nitrogens with one attached hydrogen (secondary N) is 2. The summed E-state index contributed by atoms with van der Waals surface area (Å²) in [5.74, 6) is 2.05. The van der Waals surface area contributed by atoms with E-state index in [2.05, 4.69) is 41.8 Å². The Morgan fingerprint density at radius 2 is 2.04 bits per heavy atom. The van der Waals surface area contributed by atoms with E-state index in [4.69, 9.17) is 9.73 Å². The van der Waals surface area contributed by atoms with Crippen LogP contribution < -0.4 is 10.6 Å². The fourth-order valence-electron chi connectivity index (χ4n) is 4.30. The predicted octanol–water partition coefficient (Wildman–Crippen LogP) is 3.40. The van der Waals surface area contributed by atoms with Crippen molar-refractivity contribution in [2.24, 2.45) is 10.9 Å². The lowest BCUT2D eigenvalue weighted by Gasteiger charge is -2.30. The number of benzene rings is 1. The molecule has 1 saturated heterocycles.